The molecular formula is C6H8N2O2S. The molecular weight excluding hydrogens is 164 g/mol. The lowest BCUT2D eigenvalue weighted by Gasteiger charge is -1.97. The Morgan fingerprint density at radius 2 is 1.82 bits per heavy atom. The van der Waals surface area contributed by atoms with Crippen molar-refractivity contribution in [1.29, 1.82) is 0 Å². The van der Waals surface area contributed by atoms with Crippen molar-refractivity contribution in [3.8, 4) is 0 Å². The molecule has 0 spiro atoms. The number of hydrogen-bond donors (Lipinski definition) is 2. The van der Waals surface area contributed by atoms with Gasteiger partial charge in [0.05, 0.1) is 12.0 Å². The topological polar surface area (TPSA) is 70.5 Å². The Morgan fingerprint density at radius 1 is 1.18 bits per heavy atom. The summed E-state index contributed by atoms with van der Waals surface area (Å²) in [5, 5.41) is 0. The smallest absolute Gasteiger partial charge is 0.0702 e. The molecule has 0 amide bonds. The summed E-state index contributed by atoms with van der Waals surface area (Å²) in [6.07, 6.45) is 0. The van der Waals surface area contributed by atoms with E-state index in [9.17, 15) is 0 Å². The van der Waals surface area contributed by atoms with E-state index < -0.39 is 0 Å². The summed E-state index contributed by atoms with van der Waals surface area (Å²) in [6.45, 7) is 0. The zero-order valence-corrected chi connectivity index (χ0v) is 6.51. The summed E-state index contributed by atoms with van der Waals surface area (Å²) in [6, 6.07) is 7.14. The maximum Gasteiger partial charge on any atom is 0.0702 e. The molecule has 5 heteroatoms. The second-order valence-electron chi connectivity index (χ2n) is 1.82. The van der Waals surface area contributed by atoms with Crippen LogP contribution in [0.1, 0.15) is 0 Å². The van der Waals surface area contributed by atoms with Gasteiger partial charge >= 0.3 is 0 Å². The highest BCUT2D eigenvalue weighted by molar-refractivity contribution is 7.94. The number of rotatable bonds is 3. The number of nitrogen functional groups attached to an aromatic ring is 1. The SMILES string of the molecule is NOOSc1ccc(N)cc1. The van der Waals surface area contributed by atoms with Crippen molar-refractivity contribution in [3.05, 3.63) is 24.3 Å². The molecule has 0 atom stereocenters. The van der Waals surface area contributed by atoms with Gasteiger partial charge in [-0.1, -0.05) is 0 Å². The zero-order valence-electron chi connectivity index (χ0n) is 5.69. The fourth-order valence-corrected chi connectivity index (χ4v) is 0.947. The summed E-state index contributed by atoms with van der Waals surface area (Å²) in [5.74, 6) is 4.64. The minimum atomic E-state index is 0.711. The van der Waals surface area contributed by atoms with Crippen LogP contribution in [0.15, 0.2) is 29.2 Å². The van der Waals surface area contributed by atoms with Crippen molar-refractivity contribution < 1.29 is 9.32 Å². The Balaban J connectivity index is 2.52. The van der Waals surface area contributed by atoms with Gasteiger partial charge in [0.1, 0.15) is 0 Å². The van der Waals surface area contributed by atoms with Gasteiger partial charge in [-0.3, -0.25) is 0 Å². The van der Waals surface area contributed by atoms with Crippen LogP contribution in [-0.4, -0.2) is 0 Å². The zero-order chi connectivity index (χ0) is 8.10. The van der Waals surface area contributed by atoms with Gasteiger partial charge in [0, 0.05) is 10.6 Å². The molecule has 0 unspecified atom stereocenters. The molecule has 4 N–H and O–H groups in total. The Labute approximate surface area is 68.6 Å². The van der Waals surface area contributed by atoms with Crippen LogP contribution in [0.25, 0.3) is 0 Å². The standard InChI is InChI=1S/C6H8N2O2S/c7-5-1-3-6(4-2-5)11-10-9-8/h1-4H,7-8H2. The van der Waals surface area contributed by atoms with Crippen LogP contribution in [0.2, 0.25) is 0 Å². The predicted molar refractivity (Wildman–Crippen MR) is 43.1 cm³/mol. The first-order valence-electron chi connectivity index (χ1n) is 2.88. The molecule has 4 nitrogen and oxygen atoms in total. The summed E-state index contributed by atoms with van der Waals surface area (Å²) in [7, 11) is 0. The third kappa shape index (κ3) is 2.77. The lowest BCUT2D eigenvalue weighted by Crippen LogP contribution is -1.93. The number of hydrogen-bond acceptors (Lipinski definition) is 5. The quantitative estimate of drug-likeness (QED) is 0.309. The molecule has 11 heavy (non-hydrogen) atoms. The van der Waals surface area contributed by atoms with E-state index in [-0.39, 0.29) is 0 Å². The van der Waals surface area contributed by atoms with Crippen molar-refractivity contribution in [3.63, 3.8) is 0 Å². The molecule has 0 aromatic heterocycles. The summed E-state index contributed by atoms with van der Waals surface area (Å²) in [5.41, 5.74) is 6.16. The number of nitrogens with two attached hydrogens (primary N) is 2. The maximum absolute atomic E-state index is 5.45. The molecule has 0 aliphatic carbocycles. The summed E-state index contributed by atoms with van der Waals surface area (Å²) in [4.78, 5) is 4.79. The monoisotopic (exact) mass is 172 g/mol. The van der Waals surface area contributed by atoms with E-state index in [4.69, 9.17) is 5.73 Å². The molecule has 60 valence electrons. The largest absolute Gasteiger partial charge is 0.399 e. The van der Waals surface area contributed by atoms with Crippen molar-refractivity contribution in [2.45, 2.75) is 4.90 Å². The molecule has 0 saturated carbocycles. The van der Waals surface area contributed by atoms with Crippen molar-refractivity contribution in [1.82, 2.24) is 0 Å². The molecule has 0 bridgehead atoms. The van der Waals surface area contributed by atoms with Crippen LogP contribution in [0.3, 0.4) is 0 Å². The number of anilines is 1. The summed E-state index contributed by atoms with van der Waals surface area (Å²) < 4.78 is 4.41. The van der Waals surface area contributed by atoms with Gasteiger partial charge in [-0.25, -0.2) is 0 Å². The van der Waals surface area contributed by atoms with Crippen molar-refractivity contribution in [2.24, 2.45) is 5.90 Å². The van der Waals surface area contributed by atoms with E-state index in [2.05, 4.69) is 15.2 Å². The van der Waals surface area contributed by atoms with Crippen LogP contribution in [0.5, 0.6) is 0 Å². The molecule has 0 aliphatic rings. The van der Waals surface area contributed by atoms with E-state index in [0.717, 1.165) is 16.9 Å². The first-order valence-corrected chi connectivity index (χ1v) is 3.62. The molecule has 1 rings (SSSR count). The first kappa shape index (κ1) is 8.35. The Bertz CT molecular complexity index is 214. The van der Waals surface area contributed by atoms with Crippen molar-refractivity contribution in [2.75, 3.05) is 5.73 Å². The lowest BCUT2D eigenvalue weighted by molar-refractivity contribution is -0.195. The fraction of sp³-hybridized carbons (Fsp3) is 0. The van der Waals surface area contributed by atoms with Crippen LogP contribution in [0, 0.1) is 0 Å². The Morgan fingerprint density at radius 3 is 2.36 bits per heavy atom. The Kier molecular flexibility index (Phi) is 3.18. The molecule has 0 fully saturated rings. The van der Waals surface area contributed by atoms with Gasteiger partial charge in [0.2, 0.25) is 0 Å². The average molecular weight is 172 g/mol. The van der Waals surface area contributed by atoms with Gasteiger partial charge < -0.3 is 5.73 Å². The van der Waals surface area contributed by atoms with Gasteiger partial charge in [-0.2, -0.15) is 5.90 Å². The lowest BCUT2D eigenvalue weighted by atomic mass is 10.3. The highest BCUT2D eigenvalue weighted by Gasteiger charge is 1.93. The predicted octanol–water partition coefficient (Wildman–Crippen LogP) is 1.10. The molecule has 1 aromatic carbocycles. The van der Waals surface area contributed by atoms with Gasteiger partial charge in [-0.15, -0.1) is 9.32 Å². The minimum absolute atomic E-state index is 0.711. The average Bonchev–Trinajstić information content (AvgIpc) is 2.04. The third-order valence-corrected chi connectivity index (χ3v) is 1.66. The van der Waals surface area contributed by atoms with Crippen LogP contribution in [0.4, 0.5) is 5.69 Å². The van der Waals surface area contributed by atoms with Gasteiger partial charge in [-0.05, 0) is 24.3 Å². The van der Waals surface area contributed by atoms with E-state index in [1.807, 2.05) is 0 Å². The Hall–Kier alpha value is -0.750. The van der Waals surface area contributed by atoms with Gasteiger partial charge in [0.25, 0.3) is 0 Å². The van der Waals surface area contributed by atoms with Crippen LogP contribution >= 0.6 is 12.0 Å². The molecule has 0 radical (unpaired) electrons. The fourth-order valence-electron chi connectivity index (χ4n) is 0.582. The first-order chi connectivity index (χ1) is 5.33. The number of benzene rings is 1. The second-order valence-corrected chi connectivity index (χ2v) is 2.59. The molecule has 0 heterocycles. The molecule has 1 aromatic rings. The highest BCUT2D eigenvalue weighted by Crippen LogP contribution is 2.19. The van der Waals surface area contributed by atoms with Crippen LogP contribution in [-0.2, 0) is 9.32 Å². The minimum Gasteiger partial charge on any atom is -0.399 e. The van der Waals surface area contributed by atoms with Crippen LogP contribution < -0.4 is 11.6 Å². The maximum atomic E-state index is 5.45. The van der Waals surface area contributed by atoms with E-state index in [1.54, 1.807) is 24.3 Å². The second kappa shape index (κ2) is 4.20. The van der Waals surface area contributed by atoms with Gasteiger partial charge in [0.15, 0.2) is 0 Å². The van der Waals surface area contributed by atoms with E-state index in [0.29, 0.717) is 5.69 Å². The third-order valence-electron chi connectivity index (χ3n) is 1.05. The van der Waals surface area contributed by atoms with E-state index in [1.165, 1.54) is 0 Å². The van der Waals surface area contributed by atoms with Crippen molar-refractivity contribution >= 4 is 17.7 Å². The highest BCUT2D eigenvalue weighted by atomic mass is 32.2. The molecule has 0 aliphatic heterocycles. The molecule has 0 saturated heterocycles. The normalized spacial score (nSPS) is 9.91. The van der Waals surface area contributed by atoms with E-state index >= 15 is 0 Å². The summed E-state index contributed by atoms with van der Waals surface area (Å²) >= 11 is 1.03.